The highest BCUT2D eigenvalue weighted by atomic mass is 16.5. The Kier molecular flexibility index (Phi) is 5.87. The summed E-state index contributed by atoms with van der Waals surface area (Å²) in [6.07, 6.45) is 8.48. The number of rotatable bonds is 6. The Hall–Kier alpha value is -2.70. The van der Waals surface area contributed by atoms with Crippen LogP contribution in [0.5, 0.6) is 0 Å². The molecule has 3 saturated heterocycles. The smallest absolute Gasteiger partial charge is 0.113 e. The van der Waals surface area contributed by atoms with Crippen molar-refractivity contribution in [3.63, 3.8) is 0 Å². The number of aromatic nitrogens is 3. The monoisotopic (exact) mass is 457 g/mol. The first kappa shape index (κ1) is 21.8. The van der Waals surface area contributed by atoms with Gasteiger partial charge in [-0.25, -0.2) is 4.68 Å². The zero-order valence-corrected chi connectivity index (χ0v) is 20.2. The van der Waals surface area contributed by atoms with Crippen molar-refractivity contribution in [3.8, 4) is 11.3 Å². The number of hydrogen-bond donors (Lipinski definition) is 0. The molecule has 0 N–H and O–H groups in total. The van der Waals surface area contributed by atoms with E-state index in [2.05, 4.69) is 81.8 Å². The molecule has 3 aliphatic rings. The lowest BCUT2D eigenvalue weighted by Gasteiger charge is -2.54. The van der Waals surface area contributed by atoms with Crippen LogP contribution in [0.1, 0.15) is 43.2 Å². The Morgan fingerprint density at radius 2 is 1.94 bits per heavy atom. The molecule has 0 saturated carbocycles. The molecular weight excluding hydrogens is 422 g/mol. The van der Waals surface area contributed by atoms with E-state index in [9.17, 15) is 0 Å². The molecule has 1 atom stereocenters. The number of likely N-dealkylation sites (tertiary alicyclic amines) is 1. The molecule has 6 nitrogen and oxygen atoms in total. The summed E-state index contributed by atoms with van der Waals surface area (Å²) < 4.78 is 7.81. The van der Waals surface area contributed by atoms with Crippen molar-refractivity contribution in [2.75, 3.05) is 31.1 Å². The SMILES string of the molecule is Cc1cc(N2CC3(CCCN3Cc3ccccc3)C2)ccc1-c1cn(CC2CCCCO2)nn1. The Bertz CT molecular complexity index is 1110. The lowest BCUT2D eigenvalue weighted by molar-refractivity contribution is 0.00370. The van der Waals surface area contributed by atoms with Gasteiger partial charge in [0.05, 0.1) is 24.4 Å². The predicted octanol–water partition coefficient (Wildman–Crippen LogP) is 4.68. The van der Waals surface area contributed by atoms with Gasteiger partial charge >= 0.3 is 0 Å². The second kappa shape index (κ2) is 9.16. The fourth-order valence-electron chi connectivity index (χ4n) is 6.05. The summed E-state index contributed by atoms with van der Waals surface area (Å²) in [4.78, 5) is 5.26. The van der Waals surface area contributed by atoms with Gasteiger partial charge in [-0.3, -0.25) is 4.90 Å². The first-order chi connectivity index (χ1) is 16.7. The maximum atomic E-state index is 5.86. The maximum absolute atomic E-state index is 5.86. The normalized spacial score (nSPS) is 22.3. The summed E-state index contributed by atoms with van der Waals surface area (Å²) in [5, 5.41) is 8.84. The van der Waals surface area contributed by atoms with Crippen molar-refractivity contribution in [2.24, 2.45) is 0 Å². The number of hydrogen-bond acceptors (Lipinski definition) is 5. The first-order valence-corrected chi connectivity index (χ1v) is 12.9. The maximum Gasteiger partial charge on any atom is 0.113 e. The lowest BCUT2D eigenvalue weighted by Crippen LogP contribution is -2.67. The highest BCUT2D eigenvalue weighted by Crippen LogP contribution is 2.41. The van der Waals surface area contributed by atoms with E-state index in [1.165, 1.54) is 54.6 Å². The summed E-state index contributed by atoms with van der Waals surface area (Å²) in [5.74, 6) is 0. The van der Waals surface area contributed by atoms with E-state index in [4.69, 9.17) is 4.74 Å². The standard InChI is InChI=1S/C28H35N5O/c1-22-16-24(11-12-26(22)27-19-33(30-29-27)18-25-10-5-6-15-34-25)31-20-28(21-31)13-7-14-32(28)17-23-8-3-2-4-9-23/h2-4,8-9,11-12,16,19,25H,5-7,10,13-15,17-18,20-21H2,1H3. The predicted molar refractivity (Wildman–Crippen MR) is 135 cm³/mol. The van der Waals surface area contributed by atoms with Crippen LogP contribution in [0.3, 0.4) is 0 Å². The van der Waals surface area contributed by atoms with Crippen LogP contribution in [0.15, 0.2) is 54.7 Å². The van der Waals surface area contributed by atoms with Crippen LogP contribution in [0, 0.1) is 6.92 Å². The van der Waals surface area contributed by atoms with Gasteiger partial charge < -0.3 is 9.64 Å². The molecule has 34 heavy (non-hydrogen) atoms. The molecule has 2 aromatic carbocycles. The summed E-state index contributed by atoms with van der Waals surface area (Å²) in [6.45, 7) is 8.37. The Balaban J connectivity index is 1.11. The second-order valence-electron chi connectivity index (χ2n) is 10.4. The number of ether oxygens (including phenoxy) is 1. The Morgan fingerprint density at radius 1 is 1.06 bits per heavy atom. The van der Waals surface area contributed by atoms with Gasteiger partial charge in [0.1, 0.15) is 5.69 Å². The van der Waals surface area contributed by atoms with Crippen molar-refractivity contribution in [2.45, 2.75) is 63.8 Å². The van der Waals surface area contributed by atoms with Crippen LogP contribution < -0.4 is 4.90 Å². The van der Waals surface area contributed by atoms with Gasteiger partial charge in [0.25, 0.3) is 0 Å². The van der Waals surface area contributed by atoms with Crippen molar-refractivity contribution < 1.29 is 4.74 Å². The number of benzene rings is 2. The minimum absolute atomic E-state index is 0.266. The van der Waals surface area contributed by atoms with E-state index in [0.29, 0.717) is 5.54 Å². The fraction of sp³-hybridized carbons (Fsp3) is 0.500. The molecule has 3 aliphatic heterocycles. The highest BCUT2D eigenvalue weighted by Gasteiger charge is 2.50. The molecule has 6 rings (SSSR count). The molecule has 178 valence electrons. The van der Waals surface area contributed by atoms with Gasteiger partial charge in [0.15, 0.2) is 0 Å². The molecule has 3 fully saturated rings. The fourth-order valence-corrected chi connectivity index (χ4v) is 6.05. The molecule has 1 unspecified atom stereocenters. The highest BCUT2D eigenvalue weighted by molar-refractivity contribution is 5.67. The zero-order chi connectivity index (χ0) is 23.0. The molecule has 0 radical (unpaired) electrons. The molecule has 0 bridgehead atoms. The van der Waals surface area contributed by atoms with E-state index in [-0.39, 0.29) is 6.10 Å². The number of nitrogens with zero attached hydrogens (tertiary/aromatic N) is 5. The lowest BCUT2D eigenvalue weighted by atomic mass is 9.85. The summed E-state index contributed by atoms with van der Waals surface area (Å²) >= 11 is 0. The van der Waals surface area contributed by atoms with Crippen LogP contribution in [0.25, 0.3) is 11.3 Å². The van der Waals surface area contributed by atoms with Gasteiger partial charge in [-0.15, -0.1) is 5.10 Å². The van der Waals surface area contributed by atoms with Gasteiger partial charge in [0.2, 0.25) is 0 Å². The average Bonchev–Trinajstić information content (AvgIpc) is 3.47. The minimum Gasteiger partial charge on any atom is -0.376 e. The Labute approximate surface area is 202 Å². The van der Waals surface area contributed by atoms with Gasteiger partial charge in [0, 0.05) is 37.5 Å². The van der Waals surface area contributed by atoms with Crippen molar-refractivity contribution >= 4 is 5.69 Å². The third kappa shape index (κ3) is 4.25. The van der Waals surface area contributed by atoms with Gasteiger partial charge in [-0.2, -0.15) is 0 Å². The molecule has 0 amide bonds. The van der Waals surface area contributed by atoms with Gasteiger partial charge in [-0.05, 0) is 68.8 Å². The molecule has 3 aromatic rings. The molecular formula is C28H35N5O. The first-order valence-electron chi connectivity index (χ1n) is 12.9. The minimum atomic E-state index is 0.266. The van der Waals surface area contributed by atoms with Crippen LogP contribution in [-0.4, -0.2) is 57.8 Å². The van der Waals surface area contributed by atoms with Crippen LogP contribution in [0.2, 0.25) is 0 Å². The average molecular weight is 458 g/mol. The summed E-state index contributed by atoms with van der Waals surface area (Å²) in [6, 6.07) is 17.7. The molecule has 1 aromatic heterocycles. The Morgan fingerprint density at radius 3 is 2.74 bits per heavy atom. The van der Waals surface area contributed by atoms with Gasteiger partial charge in [-0.1, -0.05) is 41.6 Å². The third-order valence-corrected chi connectivity index (χ3v) is 7.98. The largest absolute Gasteiger partial charge is 0.376 e. The quantitative estimate of drug-likeness (QED) is 0.538. The van der Waals surface area contributed by atoms with Crippen molar-refractivity contribution in [1.82, 2.24) is 19.9 Å². The van der Waals surface area contributed by atoms with Crippen molar-refractivity contribution in [3.05, 3.63) is 65.9 Å². The summed E-state index contributed by atoms with van der Waals surface area (Å²) in [7, 11) is 0. The van der Waals surface area contributed by atoms with E-state index >= 15 is 0 Å². The van der Waals surface area contributed by atoms with Crippen LogP contribution >= 0.6 is 0 Å². The van der Waals surface area contributed by atoms with Crippen molar-refractivity contribution in [1.29, 1.82) is 0 Å². The van der Waals surface area contributed by atoms with E-state index in [1.807, 2.05) is 4.68 Å². The molecule has 0 aliphatic carbocycles. The van der Waals surface area contributed by atoms with Crippen LogP contribution in [-0.2, 0) is 17.8 Å². The summed E-state index contributed by atoms with van der Waals surface area (Å²) in [5.41, 5.74) is 6.46. The number of aryl methyl sites for hydroxylation is 1. The number of anilines is 1. The third-order valence-electron chi connectivity index (χ3n) is 7.98. The molecule has 4 heterocycles. The topological polar surface area (TPSA) is 46.4 Å². The zero-order valence-electron chi connectivity index (χ0n) is 20.2. The van der Waals surface area contributed by atoms with E-state index in [0.717, 1.165) is 44.9 Å². The molecule has 1 spiro atoms. The van der Waals surface area contributed by atoms with E-state index in [1.54, 1.807) is 0 Å². The van der Waals surface area contributed by atoms with Crippen LogP contribution in [0.4, 0.5) is 5.69 Å². The molecule has 6 heteroatoms. The second-order valence-corrected chi connectivity index (χ2v) is 10.4. The van der Waals surface area contributed by atoms with E-state index < -0.39 is 0 Å².